The zero-order valence-electron chi connectivity index (χ0n) is 15.5. The average molecular weight is 408 g/mol. The third-order valence-corrected chi connectivity index (χ3v) is 3.91. The summed E-state index contributed by atoms with van der Waals surface area (Å²) in [5, 5.41) is 4.89. The number of nitrogens with one attached hydrogen (secondary N) is 2. The molecular formula is C20H19F3N2O4. The Kier molecular flexibility index (Phi) is 7.35. The van der Waals surface area contributed by atoms with Crippen LogP contribution in [0.25, 0.3) is 0 Å². The van der Waals surface area contributed by atoms with Gasteiger partial charge in [-0.1, -0.05) is 37.3 Å². The van der Waals surface area contributed by atoms with E-state index in [0.717, 1.165) is 23.8 Å². The number of ether oxygens (including phenoxy) is 1. The van der Waals surface area contributed by atoms with Gasteiger partial charge in [-0.15, -0.1) is 0 Å². The summed E-state index contributed by atoms with van der Waals surface area (Å²) in [5.41, 5.74) is -0.310. The summed E-state index contributed by atoms with van der Waals surface area (Å²) in [6.07, 6.45) is -4.02. The monoisotopic (exact) mass is 408 g/mol. The van der Waals surface area contributed by atoms with Gasteiger partial charge < -0.3 is 15.4 Å². The highest BCUT2D eigenvalue weighted by Crippen LogP contribution is 2.32. The third-order valence-electron chi connectivity index (χ3n) is 3.91. The van der Waals surface area contributed by atoms with Gasteiger partial charge in [0.15, 0.2) is 6.61 Å². The quantitative estimate of drug-likeness (QED) is 0.690. The minimum absolute atomic E-state index is 0.381. The van der Waals surface area contributed by atoms with E-state index in [-0.39, 0.29) is 6.54 Å². The Balaban J connectivity index is 1.84. The molecule has 2 aromatic rings. The highest BCUT2D eigenvalue weighted by atomic mass is 19.4. The fraction of sp³-hybridized carbons (Fsp3) is 0.250. The van der Waals surface area contributed by atoms with Crippen molar-refractivity contribution in [2.24, 2.45) is 0 Å². The molecule has 0 saturated heterocycles. The van der Waals surface area contributed by atoms with E-state index >= 15 is 0 Å². The third kappa shape index (κ3) is 6.34. The predicted octanol–water partition coefficient (Wildman–Crippen LogP) is 3.18. The SMILES string of the molecule is CCc1ccccc1NC(=O)CNC(=O)COC(=O)c1ccccc1C(F)(F)F. The number of para-hydroxylation sites is 1. The Morgan fingerprint density at radius 2 is 1.62 bits per heavy atom. The highest BCUT2D eigenvalue weighted by molar-refractivity contribution is 5.96. The Morgan fingerprint density at radius 3 is 2.31 bits per heavy atom. The van der Waals surface area contributed by atoms with E-state index in [1.54, 1.807) is 12.1 Å². The van der Waals surface area contributed by atoms with Crippen molar-refractivity contribution in [3.8, 4) is 0 Å². The van der Waals surface area contributed by atoms with Crippen LogP contribution in [-0.2, 0) is 26.9 Å². The summed E-state index contributed by atoms with van der Waals surface area (Å²) < 4.78 is 43.4. The van der Waals surface area contributed by atoms with Crippen LogP contribution in [0.4, 0.5) is 18.9 Å². The lowest BCUT2D eigenvalue weighted by Gasteiger charge is -2.12. The highest BCUT2D eigenvalue weighted by Gasteiger charge is 2.35. The van der Waals surface area contributed by atoms with Crippen molar-refractivity contribution in [3.05, 3.63) is 65.2 Å². The number of rotatable bonds is 7. The Morgan fingerprint density at radius 1 is 0.966 bits per heavy atom. The van der Waals surface area contributed by atoms with E-state index in [1.165, 1.54) is 6.07 Å². The maximum absolute atomic E-state index is 12.9. The molecule has 0 spiro atoms. The van der Waals surface area contributed by atoms with Crippen molar-refractivity contribution in [1.29, 1.82) is 0 Å². The second-order valence-corrected chi connectivity index (χ2v) is 5.96. The molecule has 2 amide bonds. The van der Waals surface area contributed by atoms with Crippen LogP contribution in [0.15, 0.2) is 48.5 Å². The summed E-state index contributed by atoms with van der Waals surface area (Å²) in [4.78, 5) is 35.6. The van der Waals surface area contributed by atoms with Gasteiger partial charge in [-0.2, -0.15) is 13.2 Å². The second-order valence-electron chi connectivity index (χ2n) is 5.96. The van der Waals surface area contributed by atoms with Crippen molar-refractivity contribution >= 4 is 23.5 Å². The first-order valence-electron chi connectivity index (χ1n) is 8.70. The predicted molar refractivity (Wildman–Crippen MR) is 99.2 cm³/mol. The topological polar surface area (TPSA) is 84.5 Å². The molecule has 154 valence electrons. The number of hydrogen-bond acceptors (Lipinski definition) is 4. The fourth-order valence-electron chi connectivity index (χ4n) is 2.49. The van der Waals surface area contributed by atoms with Crippen LogP contribution in [-0.4, -0.2) is 30.9 Å². The maximum Gasteiger partial charge on any atom is 0.417 e. The number of halogens is 3. The molecule has 0 atom stereocenters. The number of hydrogen-bond donors (Lipinski definition) is 2. The molecule has 0 aliphatic heterocycles. The van der Waals surface area contributed by atoms with E-state index in [0.29, 0.717) is 12.1 Å². The first-order chi connectivity index (χ1) is 13.7. The van der Waals surface area contributed by atoms with Crippen LogP contribution in [0, 0.1) is 0 Å². The molecule has 9 heteroatoms. The van der Waals surface area contributed by atoms with E-state index in [2.05, 4.69) is 15.4 Å². The summed E-state index contributed by atoms with van der Waals surface area (Å²) in [6.45, 7) is 0.732. The number of amides is 2. The van der Waals surface area contributed by atoms with Crippen LogP contribution < -0.4 is 10.6 Å². The van der Waals surface area contributed by atoms with E-state index in [1.807, 2.05) is 19.1 Å². The van der Waals surface area contributed by atoms with Gasteiger partial charge in [-0.05, 0) is 30.2 Å². The first-order valence-corrected chi connectivity index (χ1v) is 8.70. The van der Waals surface area contributed by atoms with Crippen molar-refractivity contribution in [2.45, 2.75) is 19.5 Å². The number of benzene rings is 2. The van der Waals surface area contributed by atoms with Crippen molar-refractivity contribution < 1.29 is 32.3 Å². The number of aryl methyl sites for hydroxylation is 1. The average Bonchev–Trinajstić information content (AvgIpc) is 2.70. The van der Waals surface area contributed by atoms with Gasteiger partial charge in [0.2, 0.25) is 5.91 Å². The largest absolute Gasteiger partial charge is 0.452 e. The fourth-order valence-corrected chi connectivity index (χ4v) is 2.49. The Labute approximate surface area is 165 Å². The Bertz CT molecular complexity index is 897. The molecule has 0 saturated carbocycles. The van der Waals surface area contributed by atoms with Crippen LogP contribution in [0.2, 0.25) is 0 Å². The molecule has 0 heterocycles. The number of alkyl halides is 3. The standard InChI is InChI=1S/C20H19F3N2O4/c1-2-13-7-3-6-10-16(13)25-17(26)11-24-18(27)12-29-19(28)14-8-4-5-9-15(14)20(21,22)23/h3-10H,2,11-12H2,1H3,(H,24,27)(H,25,26). The van der Waals surface area contributed by atoms with Gasteiger partial charge in [0.25, 0.3) is 5.91 Å². The maximum atomic E-state index is 12.9. The van der Waals surface area contributed by atoms with E-state index < -0.39 is 41.7 Å². The van der Waals surface area contributed by atoms with E-state index in [4.69, 9.17) is 0 Å². The molecule has 6 nitrogen and oxygen atoms in total. The molecule has 0 aromatic heterocycles. The molecule has 0 aliphatic carbocycles. The number of carbonyl (C=O) groups is 3. The second kappa shape index (κ2) is 9.72. The molecule has 0 unspecified atom stereocenters. The Hall–Kier alpha value is -3.36. The lowest BCUT2D eigenvalue weighted by Crippen LogP contribution is -2.35. The summed E-state index contributed by atoms with van der Waals surface area (Å²) in [6, 6.07) is 11.3. The van der Waals surface area contributed by atoms with Crippen LogP contribution in [0.1, 0.15) is 28.4 Å². The molecule has 29 heavy (non-hydrogen) atoms. The molecule has 0 aliphatic rings. The summed E-state index contributed by atoms with van der Waals surface area (Å²) in [5.74, 6) is -2.59. The zero-order chi connectivity index (χ0) is 21.4. The molecule has 0 fully saturated rings. The number of anilines is 1. The minimum atomic E-state index is -4.73. The smallest absolute Gasteiger partial charge is 0.417 e. The van der Waals surface area contributed by atoms with Crippen LogP contribution in [0.5, 0.6) is 0 Å². The van der Waals surface area contributed by atoms with Crippen molar-refractivity contribution in [2.75, 3.05) is 18.5 Å². The molecule has 0 bridgehead atoms. The van der Waals surface area contributed by atoms with Gasteiger partial charge in [-0.25, -0.2) is 4.79 Å². The molecule has 2 N–H and O–H groups in total. The van der Waals surface area contributed by atoms with Gasteiger partial charge in [0.05, 0.1) is 17.7 Å². The number of carbonyl (C=O) groups excluding carboxylic acids is 3. The summed E-state index contributed by atoms with van der Waals surface area (Å²) >= 11 is 0. The summed E-state index contributed by atoms with van der Waals surface area (Å²) in [7, 11) is 0. The van der Waals surface area contributed by atoms with Crippen molar-refractivity contribution in [3.63, 3.8) is 0 Å². The number of esters is 1. The van der Waals surface area contributed by atoms with Gasteiger partial charge in [0.1, 0.15) is 0 Å². The molecular weight excluding hydrogens is 389 g/mol. The van der Waals surface area contributed by atoms with Gasteiger partial charge in [-0.3, -0.25) is 9.59 Å². The molecule has 0 radical (unpaired) electrons. The van der Waals surface area contributed by atoms with Crippen LogP contribution in [0.3, 0.4) is 0 Å². The minimum Gasteiger partial charge on any atom is -0.452 e. The lowest BCUT2D eigenvalue weighted by atomic mass is 10.1. The molecule has 2 rings (SSSR count). The van der Waals surface area contributed by atoms with E-state index in [9.17, 15) is 27.6 Å². The lowest BCUT2D eigenvalue weighted by molar-refractivity contribution is -0.138. The van der Waals surface area contributed by atoms with Gasteiger partial charge in [0, 0.05) is 5.69 Å². The molecule has 2 aromatic carbocycles. The zero-order valence-corrected chi connectivity index (χ0v) is 15.5. The van der Waals surface area contributed by atoms with Crippen molar-refractivity contribution in [1.82, 2.24) is 5.32 Å². The normalized spacial score (nSPS) is 10.9. The first kappa shape index (κ1) is 21.9. The van der Waals surface area contributed by atoms with Gasteiger partial charge >= 0.3 is 12.1 Å². The van der Waals surface area contributed by atoms with Crippen LogP contribution >= 0.6 is 0 Å².